The van der Waals surface area contributed by atoms with Crippen LogP contribution in [0.2, 0.25) is 5.02 Å². The maximum absolute atomic E-state index is 13.7. The van der Waals surface area contributed by atoms with E-state index in [0.717, 1.165) is 42.3 Å². The monoisotopic (exact) mass is 541 g/mol. The Balaban J connectivity index is 1.17. The Morgan fingerprint density at radius 2 is 1.79 bits per heavy atom. The van der Waals surface area contributed by atoms with E-state index in [2.05, 4.69) is 10.5 Å². The highest BCUT2D eigenvalue weighted by atomic mass is 35.5. The average Bonchev–Trinajstić information content (AvgIpc) is 3.34. The molecule has 1 fully saturated rings. The SMILES string of the molecule is Cc1onc2c1c(=O)n([C@@H]1CCC[C@H](CNC(=O)c3ccc(Oc4ccccc4)cc3)C1)c1cccc(Cl)c21. The van der Waals surface area contributed by atoms with Gasteiger partial charge in [-0.3, -0.25) is 9.59 Å². The summed E-state index contributed by atoms with van der Waals surface area (Å²) in [7, 11) is 0. The first-order valence-corrected chi connectivity index (χ1v) is 13.6. The third-order valence-electron chi connectivity index (χ3n) is 7.55. The zero-order valence-corrected chi connectivity index (χ0v) is 22.3. The number of nitrogens with one attached hydrogen (secondary N) is 1. The van der Waals surface area contributed by atoms with E-state index in [9.17, 15) is 9.59 Å². The fourth-order valence-corrected chi connectivity index (χ4v) is 5.91. The highest BCUT2D eigenvalue weighted by Crippen LogP contribution is 2.37. The number of fused-ring (bicyclic) bond motifs is 3. The Hall–Kier alpha value is -4.10. The summed E-state index contributed by atoms with van der Waals surface area (Å²) >= 11 is 6.58. The lowest BCUT2D eigenvalue weighted by atomic mass is 9.85. The Labute approximate surface area is 230 Å². The largest absolute Gasteiger partial charge is 0.457 e. The van der Waals surface area contributed by atoms with E-state index in [1.165, 1.54) is 0 Å². The smallest absolute Gasteiger partial charge is 0.264 e. The van der Waals surface area contributed by atoms with Crippen LogP contribution >= 0.6 is 11.6 Å². The Morgan fingerprint density at radius 1 is 1.03 bits per heavy atom. The predicted molar refractivity (Wildman–Crippen MR) is 152 cm³/mol. The first-order valence-electron chi connectivity index (χ1n) is 13.2. The second-order valence-corrected chi connectivity index (χ2v) is 10.5. The molecule has 0 bridgehead atoms. The van der Waals surface area contributed by atoms with Crippen molar-refractivity contribution >= 4 is 39.3 Å². The van der Waals surface area contributed by atoms with Gasteiger partial charge in [-0.1, -0.05) is 47.4 Å². The molecule has 0 aliphatic heterocycles. The number of pyridine rings is 1. The molecule has 3 aromatic carbocycles. The van der Waals surface area contributed by atoms with E-state index in [1.54, 1.807) is 31.2 Å². The number of ether oxygens (including phenoxy) is 1. The molecule has 198 valence electrons. The number of amides is 1. The molecule has 7 nitrogen and oxygen atoms in total. The lowest BCUT2D eigenvalue weighted by Crippen LogP contribution is -2.34. The topological polar surface area (TPSA) is 86.4 Å². The van der Waals surface area contributed by atoms with Gasteiger partial charge in [-0.2, -0.15) is 0 Å². The lowest BCUT2D eigenvalue weighted by Gasteiger charge is -2.31. The minimum absolute atomic E-state index is 0.0118. The minimum Gasteiger partial charge on any atom is -0.457 e. The molecule has 1 saturated carbocycles. The molecular formula is C31H28ClN3O4. The van der Waals surface area contributed by atoms with Crippen molar-refractivity contribution in [3.8, 4) is 11.5 Å². The van der Waals surface area contributed by atoms with E-state index in [1.807, 2.05) is 53.1 Å². The van der Waals surface area contributed by atoms with E-state index >= 15 is 0 Å². The van der Waals surface area contributed by atoms with Crippen molar-refractivity contribution in [2.24, 2.45) is 5.92 Å². The van der Waals surface area contributed by atoms with Gasteiger partial charge in [0.2, 0.25) is 0 Å². The number of para-hydroxylation sites is 1. The number of benzene rings is 3. The van der Waals surface area contributed by atoms with Crippen molar-refractivity contribution in [2.45, 2.75) is 38.6 Å². The number of rotatable bonds is 6. The fraction of sp³-hybridized carbons (Fsp3) is 0.258. The number of carbonyl (C=O) groups is 1. The van der Waals surface area contributed by atoms with Gasteiger partial charge in [-0.05, 0) is 80.6 Å². The van der Waals surface area contributed by atoms with Crippen molar-refractivity contribution in [3.63, 3.8) is 0 Å². The van der Waals surface area contributed by atoms with Crippen molar-refractivity contribution in [1.82, 2.24) is 15.0 Å². The molecule has 8 heteroatoms. The quantitative estimate of drug-likeness (QED) is 0.249. The van der Waals surface area contributed by atoms with Gasteiger partial charge < -0.3 is 19.1 Å². The Kier molecular flexibility index (Phi) is 6.83. The van der Waals surface area contributed by atoms with Gasteiger partial charge in [0.15, 0.2) is 0 Å². The summed E-state index contributed by atoms with van der Waals surface area (Å²) in [5.74, 6) is 2.03. The number of hydrogen-bond donors (Lipinski definition) is 1. The van der Waals surface area contributed by atoms with Crippen LogP contribution < -0.4 is 15.6 Å². The van der Waals surface area contributed by atoms with Crippen molar-refractivity contribution in [2.75, 3.05) is 6.54 Å². The van der Waals surface area contributed by atoms with E-state index in [-0.39, 0.29) is 23.4 Å². The van der Waals surface area contributed by atoms with Crippen LogP contribution in [0.25, 0.3) is 21.8 Å². The molecule has 0 unspecified atom stereocenters. The molecule has 1 amide bonds. The number of nitrogens with zero attached hydrogens (tertiary/aromatic N) is 2. The Bertz CT molecular complexity index is 1710. The summed E-state index contributed by atoms with van der Waals surface area (Å²) in [6.45, 7) is 2.29. The van der Waals surface area contributed by atoms with Crippen LogP contribution in [0, 0.1) is 12.8 Å². The van der Waals surface area contributed by atoms with Crippen LogP contribution in [0.5, 0.6) is 11.5 Å². The number of aryl methyl sites for hydroxylation is 1. The predicted octanol–water partition coefficient (Wildman–Crippen LogP) is 7.06. The average molecular weight is 542 g/mol. The second kappa shape index (κ2) is 10.6. The normalized spacial score (nSPS) is 17.4. The van der Waals surface area contributed by atoms with Gasteiger partial charge >= 0.3 is 0 Å². The maximum atomic E-state index is 13.7. The highest BCUT2D eigenvalue weighted by Gasteiger charge is 2.28. The molecular weight excluding hydrogens is 514 g/mol. The molecule has 0 spiro atoms. The summed E-state index contributed by atoms with van der Waals surface area (Å²) in [6, 6.07) is 22.2. The molecule has 5 aromatic rings. The number of halogens is 1. The first-order chi connectivity index (χ1) is 19.0. The number of hydrogen-bond acceptors (Lipinski definition) is 5. The summed E-state index contributed by atoms with van der Waals surface area (Å²) in [6.07, 6.45) is 3.61. The molecule has 1 N–H and O–H groups in total. The van der Waals surface area contributed by atoms with Crippen LogP contribution in [0.1, 0.15) is 47.8 Å². The van der Waals surface area contributed by atoms with Crippen LogP contribution in [-0.2, 0) is 0 Å². The van der Waals surface area contributed by atoms with E-state index < -0.39 is 0 Å². The molecule has 39 heavy (non-hydrogen) atoms. The fourth-order valence-electron chi connectivity index (χ4n) is 5.66. The highest BCUT2D eigenvalue weighted by molar-refractivity contribution is 6.37. The van der Waals surface area contributed by atoms with E-state index in [4.69, 9.17) is 20.9 Å². The number of carbonyl (C=O) groups excluding carboxylic acids is 1. The van der Waals surface area contributed by atoms with Gasteiger partial charge in [0.1, 0.15) is 28.2 Å². The summed E-state index contributed by atoms with van der Waals surface area (Å²) in [4.78, 5) is 26.6. The molecule has 1 aliphatic carbocycles. The molecule has 2 aromatic heterocycles. The summed E-state index contributed by atoms with van der Waals surface area (Å²) in [5, 5.41) is 8.99. The van der Waals surface area contributed by atoms with Crippen LogP contribution in [-0.4, -0.2) is 22.2 Å². The van der Waals surface area contributed by atoms with Gasteiger partial charge in [-0.15, -0.1) is 0 Å². The summed E-state index contributed by atoms with van der Waals surface area (Å²) < 4.78 is 13.1. The van der Waals surface area contributed by atoms with Crippen LogP contribution in [0.3, 0.4) is 0 Å². The molecule has 0 radical (unpaired) electrons. The number of aromatic nitrogens is 2. The van der Waals surface area contributed by atoms with Gasteiger partial charge in [0, 0.05) is 23.5 Å². The van der Waals surface area contributed by atoms with Crippen molar-refractivity contribution in [3.05, 3.63) is 99.5 Å². The third kappa shape index (κ3) is 4.90. The minimum atomic E-state index is -0.126. The van der Waals surface area contributed by atoms with Crippen molar-refractivity contribution in [1.29, 1.82) is 0 Å². The van der Waals surface area contributed by atoms with Crippen LogP contribution in [0.15, 0.2) is 82.1 Å². The van der Waals surface area contributed by atoms with Gasteiger partial charge in [-0.25, -0.2) is 0 Å². The van der Waals surface area contributed by atoms with Gasteiger partial charge in [0.25, 0.3) is 11.5 Å². The zero-order valence-electron chi connectivity index (χ0n) is 21.5. The van der Waals surface area contributed by atoms with Crippen LogP contribution in [0.4, 0.5) is 0 Å². The maximum Gasteiger partial charge on any atom is 0.264 e. The standard InChI is InChI=1S/C31H28ClN3O4/c1-19-27-29(34-39-19)28-25(32)11-6-12-26(28)35(31(27)37)22-8-5-7-20(17-22)18-33-30(36)21-13-15-24(16-14-21)38-23-9-3-2-4-10-23/h2-4,6,9-16,20,22H,5,7-8,17-18H2,1H3,(H,33,36)/t20-,22+/m0/s1. The molecule has 6 rings (SSSR count). The molecule has 1 aliphatic rings. The third-order valence-corrected chi connectivity index (χ3v) is 7.87. The molecule has 0 saturated heterocycles. The summed E-state index contributed by atoms with van der Waals surface area (Å²) in [5.41, 5.74) is 1.74. The second-order valence-electron chi connectivity index (χ2n) is 10.1. The van der Waals surface area contributed by atoms with E-state index in [0.29, 0.717) is 39.5 Å². The zero-order chi connectivity index (χ0) is 26.9. The molecule has 2 atom stereocenters. The van der Waals surface area contributed by atoms with Gasteiger partial charge in [0.05, 0.1) is 10.5 Å². The molecule has 2 heterocycles. The first kappa shape index (κ1) is 25.2. The van der Waals surface area contributed by atoms with Crippen molar-refractivity contribution < 1.29 is 14.1 Å². The lowest BCUT2D eigenvalue weighted by molar-refractivity contribution is 0.0940. The Morgan fingerprint density at radius 3 is 2.59 bits per heavy atom.